The molecule has 4 rings (SSSR count). The molecular formula is C38H44N6O6. The average molecular weight is 681 g/mol. The minimum atomic E-state index is -0.533. The molecule has 0 amide bonds. The number of pyridine rings is 3. The van der Waals surface area contributed by atoms with Gasteiger partial charge in [0.2, 0.25) is 0 Å². The largest absolute Gasteiger partial charge is 0.468 e. The number of ether oxygens (including phenoxy) is 3. The molecule has 2 bridgehead atoms. The number of rotatable bonds is 8. The van der Waals surface area contributed by atoms with Crippen molar-refractivity contribution in [3.8, 4) is 23.7 Å². The molecule has 0 aliphatic carbocycles. The first kappa shape index (κ1) is 37.7. The third kappa shape index (κ3) is 11.5. The van der Waals surface area contributed by atoms with Gasteiger partial charge in [-0.3, -0.25) is 24.5 Å². The molecule has 3 aromatic rings. The third-order valence-electron chi connectivity index (χ3n) is 7.82. The molecule has 0 atom stereocenters. The van der Waals surface area contributed by atoms with Crippen molar-refractivity contribution in [3.63, 3.8) is 0 Å². The van der Waals surface area contributed by atoms with E-state index >= 15 is 0 Å². The van der Waals surface area contributed by atoms with Gasteiger partial charge in [0.1, 0.15) is 11.4 Å². The Bertz CT molecular complexity index is 1790. The van der Waals surface area contributed by atoms with Crippen LogP contribution in [0.15, 0.2) is 42.5 Å². The summed E-state index contributed by atoms with van der Waals surface area (Å²) in [6.45, 7) is 8.17. The number of carbonyl (C=O) groups is 3. The van der Waals surface area contributed by atoms with Gasteiger partial charge >= 0.3 is 17.9 Å². The summed E-state index contributed by atoms with van der Waals surface area (Å²) < 4.78 is 14.9. The van der Waals surface area contributed by atoms with Crippen LogP contribution in [0.25, 0.3) is 0 Å². The van der Waals surface area contributed by atoms with Gasteiger partial charge in [0.25, 0.3) is 0 Å². The van der Waals surface area contributed by atoms with Crippen molar-refractivity contribution in [2.45, 2.75) is 52.9 Å². The van der Waals surface area contributed by atoms with Crippen LogP contribution in [0.5, 0.6) is 0 Å². The first-order valence-electron chi connectivity index (χ1n) is 16.6. The lowest BCUT2D eigenvalue weighted by Gasteiger charge is -2.31. The van der Waals surface area contributed by atoms with E-state index in [1.807, 2.05) is 49.1 Å². The standard InChI is InChI=1S/C38H44N6O6/c1-6-8-11-28-19-32(40-34(21-28)37(46)49-4)25-42-15-17-43(26-33-20-29(12-9-7-2)22-35(41-33)38(47)50-5)23-30-13-10-14-31(39-30)24-44(18-16-42)27-36(45)48-3/h10,13-14,19-22H,6-7,15-18,23-27H2,1-5H3. The Labute approximate surface area is 294 Å². The lowest BCUT2D eigenvalue weighted by molar-refractivity contribution is -0.142. The maximum atomic E-state index is 12.5. The fourth-order valence-electron chi connectivity index (χ4n) is 5.41. The van der Waals surface area contributed by atoms with E-state index in [1.165, 1.54) is 21.3 Å². The van der Waals surface area contributed by atoms with Crippen molar-refractivity contribution < 1.29 is 28.6 Å². The van der Waals surface area contributed by atoms with Crippen molar-refractivity contribution in [1.82, 2.24) is 29.7 Å². The van der Waals surface area contributed by atoms with Crippen LogP contribution in [0.4, 0.5) is 0 Å². The molecule has 0 N–H and O–H groups in total. The number of aromatic nitrogens is 3. The molecule has 12 nitrogen and oxygen atoms in total. The van der Waals surface area contributed by atoms with Crippen molar-refractivity contribution in [2.24, 2.45) is 0 Å². The van der Waals surface area contributed by atoms with Gasteiger partial charge < -0.3 is 14.2 Å². The molecule has 0 aromatic carbocycles. The molecule has 0 saturated carbocycles. The summed E-state index contributed by atoms with van der Waals surface area (Å²) in [5.74, 6) is 11.0. The molecule has 0 spiro atoms. The summed E-state index contributed by atoms with van der Waals surface area (Å²) >= 11 is 0. The van der Waals surface area contributed by atoms with Gasteiger partial charge in [-0.1, -0.05) is 43.6 Å². The Morgan fingerprint density at radius 1 is 0.660 bits per heavy atom. The smallest absolute Gasteiger partial charge is 0.356 e. The van der Waals surface area contributed by atoms with Gasteiger partial charge in [-0.05, 0) is 36.4 Å². The van der Waals surface area contributed by atoms with Gasteiger partial charge in [-0.2, -0.15) is 0 Å². The summed E-state index contributed by atoms with van der Waals surface area (Å²) in [6, 6.07) is 13.0. The van der Waals surface area contributed by atoms with Crippen LogP contribution >= 0.6 is 0 Å². The molecule has 262 valence electrons. The Kier molecular flexibility index (Phi) is 14.4. The quantitative estimate of drug-likeness (QED) is 0.196. The van der Waals surface area contributed by atoms with E-state index in [0.717, 1.165) is 11.4 Å². The van der Waals surface area contributed by atoms with Crippen LogP contribution in [0.1, 0.15) is 81.6 Å². The number of hydrogen-bond donors (Lipinski definition) is 0. The van der Waals surface area contributed by atoms with Crippen molar-refractivity contribution in [3.05, 3.63) is 87.8 Å². The van der Waals surface area contributed by atoms with E-state index in [9.17, 15) is 14.4 Å². The number of esters is 3. The summed E-state index contributed by atoms with van der Waals surface area (Å²) in [5, 5.41) is 0. The third-order valence-corrected chi connectivity index (χ3v) is 7.82. The van der Waals surface area contributed by atoms with E-state index < -0.39 is 11.9 Å². The first-order valence-corrected chi connectivity index (χ1v) is 16.6. The Morgan fingerprint density at radius 2 is 1.14 bits per heavy atom. The number of hydrogen-bond acceptors (Lipinski definition) is 12. The molecule has 0 unspecified atom stereocenters. The van der Waals surface area contributed by atoms with Crippen molar-refractivity contribution >= 4 is 17.9 Å². The van der Waals surface area contributed by atoms with E-state index in [1.54, 1.807) is 12.1 Å². The van der Waals surface area contributed by atoms with Gasteiger partial charge in [0.15, 0.2) is 0 Å². The highest BCUT2D eigenvalue weighted by molar-refractivity contribution is 5.88. The highest BCUT2D eigenvalue weighted by Gasteiger charge is 2.21. The fourth-order valence-corrected chi connectivity index (χ4v) is 5.41. The van der Waals surface area contributed by atoms with Crippen molar-refractivity contribution in [1.29, 1.82) is 0 Å². The van der Waals surface area contributed by atoms with E-state index in [-0.39, 0.29) is 23.9 Å². The topological polar surface area (TPSA) is 127 Å². The van der Waals surface area contributed by atoms with Crippen LogP contribution < -0.4 is 0 Å². The second-order valence-corrected chi connectivity index (χ2v) is 11.7. The monoisotopic (exact) mass is 680 g/mol. The lowest BCUT2D eigenvalue weighted by atomic mass is 10.1. The number of fused-ring (bicyclic) bond motifs is 2. The van der Waals surface area contributed by atoms with E-state index in [2.05, 4.69) is 43.4 Å². The molecule has 0 radical (unpaired) electrons. The second-order valence-electron chi connectivity index (χ2n) is 11.7. The van der Waals surface area contributed by atoms with E-state index in [4.69, 9.17) is 19.2 Å². The Balaban J connectivity index is 1.71. The predicted octanol–water partition coefficient (Wildman–Crippen LogP) is 3.46. The SMILES string of the molecule is CCC#Cc1cc(CN2CCN(CC(=O)OC)Cc3cccc(n3)CN(Cc3cc(C#CCC)cc(C(=O)OC)n3)CC2)nc(C(=O)OC)c1. The van der Waals surface area contributed by atoms with Crippen LogP contribution in [0.2, 0.25) is 0 Å². The average Bonchev–Trinajstić information content (AvgIpc) is 3.12. The molecule has 12 heteroatoms. The Hall–Kier alpha value is -5.14. The van der Waals surface area contributed by atoms with Crippen LogP contribution in [-0.4, -0.2) is 102 Å². The predicted molar refractivity (Wildman–Crippen MR) is 186 cm³/mol. The molecule has 3 aromatic heterocycles. The van der Waals surface area contributed by atoms with Gasteiger partial charge in [-0.25, -0.2) is 19.6 Å². The number of carbonyl (C=O) groups excluding carboxylic acids is 3. The minimum absolute atomic E-state index is 0.112. The Morgan fingerprint density at radius 3 is 1.64 bits per heavy atom. The zero-order valence-corrected chi connectivity index (χ0v) is 29.5. The molecule has 1 aliphatic rings. The fraction of sp³-hybridized carbons (Fsp3) is 0.421. The van der Waals surface area contributed by atoms with E-state index in [0.29, 0.717) is 87.7 Å². The zero-order chi connectivity index (χ0) is 35.9. The molecular weight excluding hydrogens is 636 g/mol. The van der Waals surface area contributed by atoms with Gasteiger partial charge in [0.05, 0.1) is 50.6 Å². The number of nitrogens with zero attached hydrogens (tertiary/aromatic N) is 6. The lowest BCUT2D eigenvalue weighted by Crippen LogP contribution is -2.41. The second kappa shape index (κ2) is 19.2. The summed E-state index contributed by atoms with van der Waals surface area (Å²) in [5.41, 5.74) is 4.80. The molecule has 0 fully saturated rings. The van der Waals surface area contributed by atoms with Gasteiger partial charge in [0, 0.05) is 76.3 Å². The van der Waals surface area contributed by atoms with Crippen molar-refractivity contribution in [2.75, 3.05) is 54.1 Å². The van der Waals surface area contributed by atoms with Gasteiger partial charge in [-0.15, -0.1) is 0 Å². The molecule has 0 saturated heterocycles. The van der Waals surface area contributed by atoms with Crippen LogP contribution in [0.3, 0.4) is 0 Å². The minimum Gasteiger partial charge on any atom is -0.468 e. The summed E-state index contributed by atoms with van der Waals surface area (Å²) in [6.07, 6.45) is 1.35. The summed E-state index contributed by atoms with van der Waals surface area (Å²) in [4.78, 5) is 58.1. The number of methoxy groups -OCH3 is 3. The highest BCUT2D eigenvalue weighted by Crippen LogP contribution is 2.16. The molecule has 4 heterocycles. The molecule has 1 aliphatic heterocycles. The first-order chi connectivity index (χ1) is 24.2. The molecule has 50 heavy (non-hydrogen) atoms. The zero-order valence-electron chi connectivity index (χ0n) is 29.5. The van der Waals surface area contributed by atoms with Crippen LogP contribution in [0, 0.1) is 23.7 Å². The maximum Gasteiger partial charge on any atom is 0.356 e. The highest BCUT2D eigenvalue weighted by atomic mass is 16.5. The summed E-state index contributed by atoms with van der Waals surface area (Å²) in [7, 11) is 4.04. The maximum absolute atomic E-state index is 12.5. The van der Waals surface area contributed by atoms with Crippen LogP contribution in [-0.2, 0) is 45.2 Å². The normalized spacial score (nSPS) is 14.1.